The number of aryl methyl sites for hydroxylation is 4. The quantitative estimate of drug-likeness (QED) is 0.0188. The minimum Gasteiger partial charge on any atom is -1.00 e. The number of benzene rings is 4. The zero-order valence-electron chi connectivity index (χ0n) is 46.1. The van der Waals surface area contributed by atoms with Crippen LogP contribution in [0.5, 0.6) is 0 Å². The van der Waals surface area contributed by atoms with Crippen LogP contribution in [0.15, 0.2) is 72.8 Å². The molecule has 4 aromatic carbocycles. The molecule has 6 rings (SSSR count). The summed E-state index contributed by atoms with van der Waals surface area (Å²) in [4.78, 5) is 90.1. The number of hydrogen-bond donors (Lipinski definition) is 3. The van der Waals surface area contributed by atoms with Gasteiger partial charge in [-0.3, -0.25) is 54.3 Å². The van der Waals surface area contributed by atoms with E-state index in [1.165, 1.54) is 49.4 Å². The Kier molecular flexibility index (Phi) is 50.7. The Morgan fingerprint density at radius 2 is 1.11 bits per heavy atom. The van der Waals surface area contributed by atoms with Crippen LogP contribution < -0.4 is 170 Å². The van der Waals surface area contributed by atoms with Gasteiger partial charge in [0.05, 0.1) is 20.8 Å². The van der Waals surface area contributed by atoms with Gasteiger partial charge >= 0.3 is 138 Å². The third kappa shape index (κ3) is 35.6. The third-order valence-electron chi connectivity index (χ3n) is 10.6. The second-order valence-corrected chi connectivity index (χ2v) is 18.5. The first kappa shape index (κ1) is 82.5. The molecule has 0 atom stereocenters. The number of nitrogen functional groups attached to an aromatic ring is 2. The molecule has 2 saturated heterocycles. The van der Waals surface area contributed by atoms with Crippen molar-refractivity contribution >= 4 is 118 Å². The van der Waals surface area contributed by atoms with Crippen LogP contribution in [0.25, 0.3) is 0 Å². The van der Waals surface area contributed by atoms with Crippen molar-refractivity contribution in [2.24, 2.45) is 0 Å². The molecular formula is C52H72Br2ClCs2N9O13. The Hall–Kier alpha value is -2.97. The molecule has 2 fully saturated rings. The summed E-state index contributed by atoms with van der Waals surface area (Å²) < 4.78 is 0. The summed E-state index contributed by atoms with van der Waals surface area (Å²) in [6.45, 7) is 10.1. The number of rotatable bonds is 15. The average molecular weight is 1490 g/mol. The fraction of sp³-hybridized carbons (Fsp3) is 0.423. The van der Waals surface area contributed by atoms with Gasteiger partial charge in [-0.25, -0.2) is 0 Å². The number of carbonyl (C=O) groups excluding carboxylic acids is 5. The smallest absolute Gasteiger partial charge is 1.00 e. The molecule has 426 valence electrons. The van der Waals surface area contributed by atoms with Crippen molar-refractivity contribution in [2.75, 3.05) is 50.3 Å². The molecule has 5 N–H and O–H groups in total. The van der Waals surface area contributed by atoms with Gasteiger partial charge in [-0.1, -0.05) is 39.3 Å². The second kappa shape index (κ2) is 48.6. The van der Waals surface area contributed by atoms with Crippen LogP contribution in [0.4, 0.5) is 45.5 Å². The van der Waals surface area contributed by atoms with E-state index in [4.69, 9.17) is 38.4 Å². The number of amides is 3. The summed E-state index contributed by atoms with van der Waals surface area (Å²) in [5.41, 5.74) is 18.4. The van der Waals surface area contributed by atoms with Crippen LogP contribution in [0.3, 0.4) is 0 Å². The van der Waals surface area contributed by atoms with E-state index in [2.05, 4.69) is 42.1 Å². The fourth-order valence-corrected chi connectivity index (χ4v) is 7.71. The van der Waals surface area contributed by atoms with Gasteiger partial charge in [-0.2, -0.15) is 5.26 Å². The number of nitro groups is 3. The minimum atomic E-state index is -0.450. The molecule has 0 bridgehead atoms. The standard InChI is InChI=1S/C12H15BrN2O3.C12H14N2O3.C12H16N2O.C7H8N2O2.C5H8BrClO.C2H3N.CH2O3.CH4.2Cs.H2.H/c1-9-8-10(15(17)18)5-6-11(9)14-12(16)4-2-3-7-13;1-9-8-10(14(16)17)5-6-11(9)13-7-3-2-4-12(13)15;1-9-8-10(13)5-6-11(9)14-7-3-2-4-12(14)15;1-5-4-6(9(10)11)2-3-7(5)8;6-4-2-1-3-5(7)8;1-2-3;2-1-4-3;;;;;/h5-6,8H,2-4,7H2,1H3,(H,14,16);5-6,8H,2-4,7H2,1H3;5-6,8H,2-4,7,13H2,1H3;2-4H,8H2,1H3;1-4H2;1H3;1,3H;1H4;;;1H;/q;;;;;;;;2*+1;;-1/p-1. The molecule has 0 aromatic heterocycles. The number of alkyl halides is 2. The zero-order chi connectivity index (χ0) is 57.8. The molecule has 0 spiro atoms. The van der Waals surface area contributed by atoms with Gasteiger partial charge < -0.3 is 38.2 Å². The van der Waals surface area contributed by atoms with Gasteiger partial charge in [0, 0.05) is 123 Å². The van der Waals surface area contributed by atoms with Crippen molar-refractivity contribution in [1.29, 1.82) is 5.26 Å². The maximum absolute atomic E-state index is 11.8. The summed E-state index contributed by atoms with van der Waals surface area (Å²) in [5.74, 6) is 0.273. The molecule has 4 aromatic rings. The fourth-order valence-electron chi connectivity index (χ4n) is 6.79. The van der Waals surface area contributed by atoms with E-state index in [9.17, 15) is 49.5 Å². The monoisotopic (exact) mass is 1490 g/mol. The number of nitrogens with zero attached hydrogens (tertiary/aromatic N) is 6. The van der Waals surface area contributed by atoms with E-state index >= 15 is 0 Å². The molecule has 2 aliphatic heterocycles. The number of nitriles is 1. The van der Waals surface area contributed by atoms with E-state index in [0.717, 1.165) is 102 Å². The van der Waals surface area contributed by atoms with Gasteiger partial charge in [0.25, 0.3) is 23.5 Å². The predicted molar refractivity (Wildman–Crippen MR) is 309 cm³/mol. The van der Waals surface area contributed by atoms with Crippen molar-refractivity contribution in [1.82, 2.24) is 0 Å². The topological polar surface area (TPSA) is 341 Å². The van der Waals surface area contributed by atoms with Gasteiger partial charge in [-0.15, -0.1) is 0 Å². The molecule has 79 heavy (non-hydrogen) atoms. The number of piperidine rings is 2. The molecule has 0 aliphatic carbocycles. The van der Waals surface area contributed by atoms with Crippen molar-refractivity contribution in [3.05, 3.63) is 125 Å². The maximum Gasteiger partial charge on any atom is 1.00 e. The van der Waals surface area contributed by atoms with Gasteiger partial charge in [0.1, 0.15) is 0 Å². The van der Waals surface area contributed by atoms with Crippen molar-refractivity contribution in [2.45, 2.75) is 119 Å². The maximum atomic E-state index is 11.8. The first-order chi connectivity index (χ1) is 36.0. The summed E-state index contributed by atoms with van der Waals surface area (Å²) in [7, 11) is 0. The van der Waals surface area contributed by atoms with Crippen molar-refractivity contribution in [3.8, 4) is 6.07 Å². The van der Waals surface area contributed by atoms with Gasteiger partial charge in [-0.05, 0) is 149 Å². The molecule has 27 heteroatoms. The number of carbonyl (C=O) groups is 5. The Balaban J connectivity index is -0.000000211. The van der Waals surface area contributed by atoms with E-state index < -0.39 is 14.8 Å². The molecule has 3 amide bonds. The SMILES string of the molecule is C.CC#N.Cc1cc(N)ccc1N1CCCCC1=O.Cc1cc([N+](=O)[O-])ccc1N.Cc1cc([N+](=O)[O-])ccc1N1CCCCC1=O.Cc1cc([N+](=O)[O-])ccc1NC(=O)CCCCBr.O=C(Cl)CCCCBr.O=CO[O-].[Cs+].[Cs+].[H-].[HH]. The van der Waals surface area contributed by atoms with Crippen molar-refractivity contribution < 1.29 is 190 Å². The van der Waals surface area contributed by atoms with Gasteiger partial charge in [0.2, 0.25) is 23.0 Å². The Morgan fingerprint density at radius 1 is 0.722 bits per heavy atom. The number of halogens is 3. The molecular weight excluding hydrogens is 1420 g/mol. The van der Waals surface area contributed by atoms with Crippen LogP contribution in [0.1, 0.15) is 117 Å². The first-order valence-corrected chi connectivity index (χ1v) is 26.3. The zero-order valence-corrected chi connectivity index (χ0v) is 61.6. The summed E-state index contributed by atoms with van der Waals surface area (Å²) >= 11 is 11.6. The number of anilines is 5. The molecule has 0 saturated carbocycles. The summed E-state index contributed by atoms with van der Waals surface area (Å²) in [6, 6.07) is 20.9. The van der Waals surface area contributed by atoms with Crippen LogP contribution in [-0.2, 0) is 28.9 Å². The number of nitro benzene ring substituents is 3. The summed E-state index contributed by atoms with van der Waals surface area (Å²) in [6.07, 6.45) is 9.93. The Bertz CT molecular complexity index is 2610. The second-order valence-electron chi connectivity index (χ2n) is 16.4. The number of nitrogens with two attached hydrogens (primary N) is 2. The molecule has 0 radical (unpaired) electrons. The third-order valence-corrected chi connectivity index (χ3v) is 11.9. The van der Waals surface area contributed by atoms with Crippen molar-refractivity contribution in [3.63, 3.8) is 0 Å². The van der Waals surface area contributed by atoms with Crippen LogP contribution in [0, 0.1) is 69.4 Å². The number of hydrogen-bond acceptors (Lipinski definition) is 16. The minimum absolute atomic E-state index is 0. The molecule has 2 heterocycles. The predicted octanol–water partition coefficient (Wildman–Crippen LogP) is 5.69. The van der Waals surface area contributed by atoms with E-state index in [1.807, 2.05) is 30.0 Å². The molecule has 2 aliphatic rings. The number of unbranched alkanes of at least 4 members (excludes halogenated alkanes) is 2. The van der Waals surface area contributed by atoms with Gasteiger partial charge in [0.15, 0.2) is 0 Å². The van der Waals surface area contributed by atoms with E-state index in [1.54, 1.807) is 43.9 Å². The largest absolute Gasteiger partial charge is 1.00 e. The molecule has 22 nitrogen and oxygen atoms in total. The summed E-state index contributed by atoms with van der Waals surface area (Å²) in [5, 5.41) is 51.6. The van der Waals surface area contributed by atoms with Crippen LogP contribution in [-0.4, -0.2) is 68.0 Å². The van der Waals surface area contributed by atoms with Crippen LogP contribution >= 0.6 is 43.5 Å². The average Bonchev–Trinajstić information content (AvgIpc) is 3.37. The molecule has 0 unspecified atom stereocenters. The van der Waals surface area contributed by atoms with E-state index in [-0.39, 0.29) is 195 Å². The van der Waals surface area contributed by atoms with E-state index in [0.29, 0.717) is 49.2 Å². The normalized spacial score (nSPS) is 11.6. The first-order valence-electron chi connectivity index (χ1n) is 23.6. The number of nitrogens with one attached hydrogen (secondary N) is 1. The Morgan fingerprint density at radius 3 is 1.48 bits per heavy atom. The van der Waals surface area contributed by atoms with Crippen LogP contribution in [0.2, 0.25) is 0 Å². The number of non-ortho nitro benzene ring substituents is 3. The Labute approximate surface area is 604 Å².